The van der Waals surface area contributed by atoms with Gasteiger partial charge in [-0.15, -0.1) is 11.8 Å². The number of piperazine rings is 1. The van der Waals surface area contributed by atoms with Crippen LogP contribution in [0.15, 0.2) is 23.1 Å². The van der Waals surface area contributed by atoms with Crippen LogP contribution in [0.4, 0.5) is 0 Å². The number of nitrogens with zero attached hydrogens (tertiary/aromatic N) is 1. The van der Waals surface area contributed by atoms with Gasteiger partial charge in [0.25, 0.3) is 0 Å². The Balaban J connectivity index is 1.29. The van der Waals surface area contributed by atoms with Crippen LogP contribution in [-0.2, 0) is 4.79 Å². The van der Waals surface area contributed by atoms with Gasteiger partial charge in [-0.1, -0.05) is 0 Å². The molecule has 1 amide bonds. The van der Waals surface area contributed by atoms with Crippen LogP contribution in [0.5, 0.6) is 11.5 Å². The van der Waals surface area contributed by atoms with Crippen LogP contribution in [0.2, 0.25) is 0 Å². The number of hydrogen-bond acceptors (Lipinski definition) is 6. The number of amides is 1. The molecule has 2 N–H and O–H groups in total. The normalized spacial score (nSPS) is 17.5. The van der Waals surface area contributed by atoms with Crippen molar-refractivity contribution in [2.24, 2.45) is 0 Å². The van der Waals surface area contributed by atoms with Gasteiger partial charge in [-0.3, -0.25) is 4.79 Å². The Labute approximate surface area is 160 Å². The minimum absolute atomic E-state index is 0.132. The van der Waals surface area contributed by atoms with E-state index in [4.69, 9.17) is 9.47 Å². The molecule has 2 aliphatic rings. The summed E-state index contributed by atoms with van der Waals surface area (Å²) in [5.74, 6) is 2.52. The molecule has 0 atom stereocenters. The lowest BCUT2D eigenvalue weighted by Crippen LogP contribution is -2.44. The van der Waals surface area contributed by atoms with E-state index in [1.54, 1.807) is 11.8 Å². The summed E-state index contributed by atoms with van der Waals surface area (Å²) >= 11 is 1.68. The van der Waals surface area contributed by atoms with E-state index in [-0.39, 0.29) is 5.91 Å². The first kappa shape index (κ1) is 19.3. The zero-order chi connectivity index (χ0) is 18.0. The highest BCUT2D eigenvalue weighted by Gasteiger charge is 2.11. The first-order chi connectivity index (χ1) is 12.8. The number of benzene rings is 1. The van der Waals surface area contributed by atoms with E-state index in [2.05, 4.69) is 15.5 Å². The minimum atomic E-state index is 0.132. The second-order valence-corrected chi connectivity index (χ2v) is 7.72. The average molecular weight is 380 g/mol. The second-order valence-electron chi connectivity index (χ2n) is 6.55. The fourth-order valence-electron chi connectivity index (χ4n) is 3.05. The van der Waals surface area contributed by atoms with Crippen molar-refractivity contribution in [2.45, 2.75) is 24.2 Å². The number of carbonyl (C=O) groups is 1. The summed E-state index contributed by atoms with van der Waals surface area (Å²) in [6, 6.07) is 6.00. The van der Waals surface area contributed by atoms with Gasteiger partial charge in [0.15, 0.2) is 11.5 Å². The zero-order valence-electron chi connectivity index (χ0n) is 15.3. The molecule has 26 heavy (non-hydrogen) atoms. The third-order valence-electron chi connectivity index (χ3n) is 4.50. The van der Waals surface area contributed by atoms with Gasteiger partial charge in [-0.2, -0.15) is 0 Å². The van der Waals surface area contributed by atoms with Gasteiger partial charge >= 0.3 is 0 Å². The molecule has 0 unspecified atom stereocenters. The van der Waals surface area contributed by atoms with Gasteiger partial charge in [-0.25, -0.2) is 0 Å². The fourth-order valence-corrected chi connectivity index (χ4v) is 3.93. The van der Waals surface area contributed by atoms with Gasteiger partial charge in [0.1, 0.15) is 0 Å². The van der Waals surface area contributed by atoms with Crippen molar-refractivity contribution in [2.75, 3.05) is 58.2 Å². The number of rotatable bonds is 8. The number of fused-ring (bicyclic) bond motifs is 1. The summed E-state index contributed by atoms with van der Waals surface area (Å²) in [6.45, 7) is 7.59. The minimum Gasteiger partial charge on any atom is -0.490 e. The highest BCUT2D eigenvalue weighted by atomic mass is 32.2. The molecule has 1 saturated heterocycles. The molecule has 0 aromatic heterocycles. The summed E-state index contributed by atoms with van der Waals surface area (Å²) in [5.41, 5.74) is 0. The van der Waals surface area contributed by atoms with Crippen molar-refractivity contribution < 1.29 is 14.3 Å². The Hall–Kier alpha value is -1.44. The Morgan fingerprint density at radius 2 is 2.00 bits per heavy atom. The second kappa shape index (κ2) is 10.6. The lowest BCUT2D eigenvalue weighted by Gasteiger charge is -2.27. The molecule has 0 aliphatic carbocycles. The van der Waals surface area contributed by atoms with Crippen molar-refractivity contribution in [3.63, 3.8) is 0 Å². The number of thioether (sulfide) groups is 1. The highest BCUT2D eigenvalue weighted by Crippen LogP contribution is 2.33. The summed E-state index contributed by atoms with van der Waals surface area (Å²) in [5, 5.41) is 6.38. The van der Waals surface area contributed by atoms with Gasteiger partial charge < -0.3 is 25.0 Å². The summed E-state index contributed by atoms with van der Waals surface area (Å²) in [6.07, 6.45) is 2.46. The Morgan fingerprint density at radius 3 is 2.85 bits per heavy atom. The molecule has 0 saturated carbocycles. The first-order valence-electron chi connectivity index (χ1n) is 9.53. The van der Waals surface area contributed by atoms with Crippen LogP contribution in [-0.4, -0.2) is 69.0 Å². The first-order valence-corrected chi connectivity index (χ1v) is 10.5. The predicted octanol–water partition coefficient (Wildman–Crippen LogP) is 1.74. The summed E-state index contributed by atoms with van der Waals surface area (Å²) in [7, 11) is 0. The maximum Gasteiger partial charge on any atom is 0.220 e. The standard InChI is InChI=1S/C19H29N3O3S/c23-19(21-6-1-9-22-10-7-20-8-11-22)5-14-26-16-3-4-17-18(15-16)25-13-2-12-24-17/h3-4,15,20H,1-2,5-14H2,(H,21,23). The molecule has 0 radical (unpaired) electrons. The maximum absolute atomic E-state index is 12.0. The van der Waals surface area contributed by atoms with Crippen molar-refractivity contribution >= 4 is 17.7 Å². The zero-order valence-corrected chi connectivity index (χ0v) is 16.1. The Bertz CT molecular complexity index is 579. The van der Waals surface area contributed by atoms with Crippen LogP contribution in [0.1, 0.15) is 19.3 Å². The lowest BCUT2D eigenvalue weighted by atomic mass is 10.3. The fraction of sp³-hybridized carbons (Fsp3) is 0.632. The van der Waals surface area contributed by atoms with E-state index in [1.807, 2.05) is 18.2 Å². The summed E-state index contributed by atoms with van der Waals surface area (Å²) in [4.78, 5) is 15.5. The van der Waals surface area contributed by atoms with Crippen molar-refractivity contribution in [3.8, 4) is 11.5 Å². The van der Waals surface area contributed by atoms with E-state index in [0.717, 1.165) is 74.3 Å². The maximum atomic E-state index is 12.0. The number of hydrogen-bond donors (Lipinski definition) is 2. The third-order valence-corrected chi connectivity index (χ3v) is 5.50. The smallest absolute Gasteiger partial charge is 0.220 e. The topological polar surface area (TPSA) is 62.8 Å². The van der Waals surface area contributed by atoms with Gasteiger partial charge in [0.2, 0.25) is 5.91 Å². The molecule has 0 spiro atoms. The number of nitrogens with one attached hydrogen (secondary N) is 2. The molecular weight excluding hydrogens is 350 g/mol. The van der Waals surface area contributed by atoms with Gasteiger partial charge in [-0.05, 0) is 31.2 Å². The Kier molecular flexibility index (Phi) is 7.91. The van der Waals surface area contributed by atoms with E-state index in [9.17, 15) is 4.79 Å². The van der Waals surface area contributed by atoms with Crippen LogP contribution in [0.25, 0.3) is 0 Å². The van der Waals surface area contributed by atoms with Crippen molar-refractivity contribution in [3.05, 3.63) is 18.2 Å². The highest BCUT2D eigenvalue weighted by molar-refractivity contribution is 7.99. The van der Waals surface area contributed by atoms with E-state index < -0.39 is 0 Å². The Morgan fingerprint density at radius 1 is 1.19 bits per heavy atom. The molecule has 0 bridgehead atoms. The van der Waals surface area contributed by atoms with Crippen LogP contribution < -0.4 is 20.1 Å². The van der Waals surface area contributed by atoms with Crippen LogP contribution in [0, 0.1) is 0 Å². The third kappa shape index (κ3) is 6.37. The molecule has 3 rings (SSSR count). The monoisotopic (exact) mass is 379 g/mol. The SMILES string of the molecule is O=C(CCSc1ccc2c(c1)OCCCO2)NCCCN1CCNCC1. The van der Waals surface area contributed by atoms with Crippen molar-refractivity contribution in [1.82, 2.24) is 15.5 Å². The molecule has 2 aliphatic heterocycles. The van der Waals surface area contributed by atoms with Crippen LogP contribution >= 0.6 is 11.8 Å². The molecule has 7 heteroatoms. The largest absolute Gasteiger partial charge is 0.490 e. The van der Waals surface area contributed by atoms with E-state index in [1.165, 1.54) is 0 Å². The van der Waals surface area contributed by atoms with Crippen molar-refractivity contribution in [1.29, 1.82) is 0 Å². The number of carbonyl (C=O) groups excluding carboxylic acids is 1. The van der Waals surface area contributed by atoms with Crippen LogP contribution in [0.3, 0.4) is 0 Å². The number of ether oxygens (including phenoxy) is 2. The quantitative estimate of drug-likeness (QED) is 0.530. The average Bonchev–Trinajstić information content (AvgIpc) is 2.91. The van der Waals surface area contributed by atoms with E-state index >= 15 is 0 Å². The van der Waals surface area contributed by atoms with E-state index in [0.29, 0.717) is 19.6 Å². The lowest BCUT2D eigenvalue weighted by molar-refractivity contribution is -0.120. The molecule has 1 aromatic carbocycles. The summed E-state index contributed by atoms with van der Waals surface area (Å²) < 4.78 is 11.3. The molecular formula is C19H29N3O3S. The molecule has 144 valence electrons. The molecule has 2 heterocycles. The molecule has 6 nitrogen and oxygen atoms in total. The predicted molar refractivity (Wildman–Crippen MR) is 104 cm³/mol. The molecule has 1 fully saturated rings. The van der Waals surface area contributed by atoms with Gasteiger partial charge in [0.05, 0.1) is 13.2 Å². The molecule has 1 aromatic rings. The van der Waals surface area contributed by atoms with Gasteiger partial charge in [0, 0.05) is 56.2 Å².